The third kappa shape index (κ3) is 4.34. The zero-order valence-electron chi connectivity index (χ0n) is 21.4. The highest BCUT2D eigenvalue weighted by atomic mass is 16.5. The number of anilines is 1. The molecule has 7 N–H and O–H groups in total. The van der Waals surface area contributed by atoms with Crippen molar-refractivity contribution in [1.82, 2.24) is 29.5 Å². The highest BCUT2D eigenvalue weighted by Gasteiger charge is 2.34. The zero-order chi connectivity index (χ0) is 27.1. The molecular weight excluding hydrogens is 488 g/mol. The molecule has 0 bridgehead atoms. The highest BCUT2D eigenvalue weighted by molar-refractivity contribution is 6.05. The van der Waals surface area contributed by atoms with Crippen molar-refractivity contribution in [2.24, 2.45) is 16.5 Å². The van der Waals surface area contributed by atoms with Gasteiger partial charge in [-0.2, -0.15) is 5.10 Å². The van der Waals surface area contributed by atoms with Gasteiger partial charge in [-0.05, 0) is 44.9 Å². The Morgan fingerprint density at radius 2 is 2.11 bits per heavy atom. The smallest absolute Gasteiger partial charge is 0.276 e. The zero-order valence-corrected chi connectivity index (χ0v) is 21.4. The number of benzene rings is 1. The van der Waals surface area contributed by atoms with E-state index in [1.54, 1.807) is 29.0 Å². The molecule has 200 valence electrons. The van der Waals surface area contributed by atoms with Crippen molar-refractivity contribution in [1.29, 1.82) is 0 Å². The van der Waals surface area contributed by atoms with Gasteiger partial charge >= 0.3 is 0 Å². The number of primary amides is 1. The lowest BCUT2D eigenvalue weighted by Gasteiger charge is -2.29. The van der Waals surface area contributed by atoms with E-state index in [-0.39, 0.29) is 18.0 Å². The van der Waals surface area contributed by atoms with Crippen molar-refractivity contribution >= 4 is 34.8 Å². The molecule has 13 heteroatoms. The maximum Gasteiger partial charge on any atom is 0.276 e. The number of nitrogens with two attached hydrogens (primary N) is 3. The molecular formula is C25H32N10O3. The molecule has 0 aliphatic carbocycles. The number of aliphatic imine (C=N–C) groups is 1. The molecule has 0 fully saturated rings. The minimum Gasteiger partial charge on any atom is -0.489 e. The van der Waals surface area contributed by atoms with E-state index in [1.165, 1.54) is 0 Å². The summed E-state index contributed by atoms with van der Waals surface area (Å²) in [5.41, 5.74) is 21.0. The van der Waals surface area contributed by atoms with Crippen LogP contribution < -0.4 is 27.3 Å². The lowest BCUT2D eigenvalue weighted by Crippen LogP contribution is -2.51. The summed E-state index contributed by atoms with van der Waals surface area (Å²) in [6.07, 6.45) is 2.63. The Morgan fingerprint density at radius 3 is 2.82 bits per heavy atom. The molecule has 3 aromatic rings. The van der Waals surface area contributed by atoms with Crippen LogP contribution in [-0.4, -0.2) is 67.4 Å². The Bertz CT molecular complexity index is 1460. The average Bonchev–Trinajstić information content (AvgIpc) is 3.53. The topological polar surface area (TPSA) is 185 Å². The fourth-order valence-electron chi connectivity index (χ4n) is 5.11. The first-order valence-corrected chi connectivity index (χ1v) is 12.5. The van der Waals surface area contributed by atoms with E-state index in [2.05, 4.69) is 27.0 Å². The predicted octanol–water partition coefficient (Wildman–Crippen LogP) is 0.897. The average molecular weight is 521 g/mol. The number of nitrogens with one attached hydrogen (secondary N) is 1. The summed E-state index contributed by atoms with van der Waals surface area (Å²) in [7, 11) is 0. The molecule has 2 unspecified atom stereocenters. The van der Waals surface area contributed by atoms with Crippen molar-refractivity contribution in [3.63, 3.8) is 0 Å². The van der Waals surface area contributed by atoms with Crippen LogP contribution in [0, 0.1) is 6.92 Å². The summed E-state index contributed by atoms with van der Waals surface area (Å²) in [5, 5.41) is 7.26. The summed E-state index contributed by atoms with van der Waals surface area (Å²) < 4.78 is 9.57. The van der Waals surface area contributed by atoms with Crippen LogP contribution in [0.4, 0.5) is 5.95 Å². The third-order valence-corrected chi connectivity index (χ3v) is 6.95. The number of aryl methyl sites for hydroxylation is 2. The van der Waals surface area contributed by atoms with Crippen LogP contribution in [0.5, 0.6) is 5.75 Å². The van der Waals surface area contributed by atoms with Gasteiger partial charge in [-0.1, -0.05) is 6.08 Å². The van der Waals surface area contributed by atoms with Gasteiger partial charge in [0.15, 0.2) is 0 Å². The largest absolute Gasteiger partial charge is 0.489 e. The van der Waals surface area contributed by atoms with E-state index in [4.69, 9.17) is 21.9 Å². The van der Waals surface area contributed by atoms with Crippen LogP contribution in [0.1, 0.15) is 52.3 Å². The first-order valence-electron chi connectivity index (χ1n) is 12.5. The van der Waals surface area contributed by atoms with Crippen LogP contribution in [0.3, 0.4) is 0 Å². The van der Waals surface area contributed by atoms with Crippen LogP contribution >= 0.6 is 0 Å². The Kier molecular flexibility index (Phi) is 6.53. The van der Waals surface area contributed by atoms with Crippen molar-refractivity contribution < 1.29 is 14.3 Å². The number of guanidine groups is 1. The second-order valence-electron chi connectivity index (χ2n) is 9.46. The molecule has 2 amide bonds. The van der Waals surface area contributed by atoms with Gasteiger partial charge in [-0.3, -0.25) is 19.6 Å². The summed E-state index contributed by atoms with van der Waals surface area (Å²) in [6, 6.07) is 4.56. The molecule has 2 aromatic heterocycles. The summed E-state index contributed by atoms with van der Waals surface area (Å²) in [4.78, 5) is 35.6. The Balaban J connectivity index is 1.30. The number of hydrogen-bond acceptors (Lipinski definition) is 9. The summed E-state index contributed by atoms with van der Waals surface area (Å²) in [6.45, 7) is 9.09. The minimum absolute atomic E-state index is 0.0715. The molecule has 38 heavy (non-hydrogen) atoms. The van der Waals surface area contributed by atoms with Gasteiger partial charge in [0.25, 0.3) is 5.91 Å². The maximum atomic E-state index is 13.0. The van der Waals surface area contributed by atoms with E-state index in [0.29, 0.717) is 67.0 Å². The van der Waals surface area contributed by atoms with Gasteiger partial charge < -0.3 is 31.4 Å². The normalized spacial score (nSPS) is 20.3. The van der Waals surface area contributed by atoms with Crippen LogP contribution in [0.15, 0.2) is 35.8 Å². The standard InChI is InChI=1S/C25H32N10O3/c1-4-16-21(26)33(25(30-16)31-23(37)18-9-13(3)32-34(18)5-2)8-6-7-15-12-38-19-11-14(22(27)36)10-17-20(19)35(15)24(28)29-17/h4,9-11,15-16,21H,1,5-8,12,26H2,2-3H3,(H2,27,36)(H2,28,29)(H,30,31,37)/t15-,16?,21?/m0/s1. The van der Waals surface area contributed by atoms with Gasteiger partial charge in [-0.25, -0.2) is 9.98 Å². The highest BCUT2D eigenvalue weighted by Crippen LogP contribution is 2.37. The van der Waals surface area contributed by atoms with Crippen molar-refractivity contribution in [3.8, 4) is 5.75 Å². The molecule has 2 aliphatic rings. The Labute approximate surface area is 219 Å². The maximum absolute atomic E-state index is 13.0. The second kappa shape index (κ2) is 9.82. The lowest BCUT2D eigenvalue weighted by atomic mass is 10.1. The van der Waals surface area contributed by atoms with Gasteiger partial charge in [0.2, 0.25) is 17.8 Å². The third-order valence-electron chi connectivity index (χ3n) is 6.95. The molecule has 5 rings (SSSR count). The monoisotopic (exact) mass is 520 g/mol. The molecule has 0 spiro atoms. The molecule has 2 aliphatic heterocycles. The second-order valence-corrected chi connectivity index (χ2v) is 9.46. The number of carbonyl (C=O) groups is 2. The van der Waals surface area contributed by atoms with Gasteiger partial charge in [0, 0.05) is 18.7 Å². The first kappa shape index (κ1) is 25.3. The summed E-state index contributed by atoms with van der Waals surface area (Å²) >= 11 is 0. The van der Waals surface area contributed by atoms with Crippen LogP contribution in [0.25, 0.3) is 11.0 Å². The number of ether oxygens (including phenoxy) is 1. The number of aromatic nitrogens is 4. The summed E-state index contributed by atoms with van der Waals surface area (Å²) in [5.74, 6) is 0.432. The van der Waals surface area contributed by atoms with E-state index < -0.39 is 12.1 Å². The predicted molar refractivity (Wildman–Crippen MR) is 143 cm³/mol. The number of nitrogens with zero attached hydrogens (tertiary/aromatic N) is 6. The number of nitrogen functional groups attached to an aromatic ring is 1. The van der Waals surface area contributed by atoms with Crippen molar-refractivity contribution in [2.45, 2.75) is 51.5 Å². The molecule has 0 radical (unpaired) electrons. The van der Waals surface area contributed by atoms with E-state index in [0.717, 1.165) is 11.2 Å². The molecule has 0 saturated carbocycles. The Morgan fingerprint density at radius 1 is 1.32 bits per heavy atom. The van der Waals surface area contributed by atoms with Crippen molar-refractivity contribution in [3.05, 3.63) is 47.8 Å². The molecule has 4 heterocycles. The van der Waals surface area contributed by atoms with Gasteiger partial charge in [0.1, 0.15) is 35.8 Å². The molecule has 1 aromatic carbocycles. The van der Waals surface area contributed by atoms with Crippen LogP contribution in [-0.2, 0) is 6.54 Å². The van der Waals surface area contributed by atoms with Gasteiger partial charge in [0.05, 0.1) is 17.3 Å². The SMILES string of the molecule is C=CC1N=C(NC(=O)c2cc(C)nn2CC)N(CCC[C@H]2COc3cc(C(N)=O)cc4nc(N)n2c34)C1N. The van der Waals surface area contributed by atoms with Crippen molar-refractivity contribution in [2.75, 3.05) is 18.9 Å². The van der Waals surface area contributed by atoms with E-state index in [9.17, 15) is 9.59 Å². The minimum atomic E-state index is -0.555. The fourth-order valence-corrected chi connectivity index (χ4v) is 5.11. The first-order chi connectivity index (χ1) is 18.2. The quantitative estimate of drug-likeness (QED) is 0.316. The number of rotatable bonds is 8. The number of amides is 2. The van der Waals surface area contributed by atoms with Gasteiger partial charge in [-0.15, -0.1) is 6.58 Å². The number of carbonyl (C=O) groups excluding carboxylic acids is 2. The lowest BCUT2D eigenvalue weighted by molar-refractivity contribution is 0.0959. The fraction of sp³-hybridized carbons (Fsp3) is 0.400. The van der Waals surface area contributed by atoms with E-state index in [1.807, 2.05) is 23.3 Å². The van der Waals surface area contributed by atoms with E-state index >= 15 is 0 Å². The molecule has 3 atom stereocenters. The Hall–Kier alpha value is -4.39. The van der Waals surface area contributed by atoms with Crippen LogP contribution in [0.2, 0.25) is 0 Å². The number of imidazole rings is 1. The number of hydrogen-bond donors (Lipinski definition) is 4. The molecule has 13 nitrogen and oxygen atoms in total. The molecule has 0 saturated heterocycles.